The fourth-order valence-electron chi connectivity index (χ4n) is 4.02. The van der Waals surface area contributed by atoms with Crippen LogP contribution in [0, 0.1) is 0 Å². The number of rotatable bonds is 5. The highest BCUT2D eigenvalue weighted by molar-refractivity contribution is 6.30. The first-order valence-electron chi connectivity index (χ1n) is 10.2. The second kappa shape index (κ2) is 8.87. The van der Waals surface area contributed by atoms with Gasteiger partial charge in [0, 0.05) is 35.8 Å². The van der Waals surface area contributed by atoms with E-state index in [1.54, 1.807) is 24.3 Å². The first-order valence-corrected chi connectivity index (χ1v) is 10.6. The first-order chi connectivity index (χ1) is 14.1. The number of hydrogen-bond donors (Lipinski definition) is 0. The van der Waals surface area contributed by atoms with Crippen molar-refractivity contribution in [1.29, 1.82) is 0 Å². The lowest BCUT2D eigenvalue weighted by Crippen LogP contribution is -2.39. The third-order valence-electron chi connectivity index (χ3n) is 5.67. The SMILES string of the molecule is O=C(c1ccc(OC[C@H]2CCCN2C(=O)c2ccc(Cl)cc2)cc1)N1CCCC1. The van der Waals surface area contributed by atoms with Gasteiger partial charge in [-0.1, -0.05) is 11.6 Å². The number of nitrogens with zero attached hydrogens (tertiary/aromatic N) is 2. The van der Waals surface area contributed by atoms with E-state index in [1.807, 2.05) is 34.1 Å². The van der Waals surface area contributed by atoms with Gasteiger partial charge in [0.1, 0.15) is 12.4 Å². The highest BCUT2D eigenvalue weighted by Crippen LogP contribution is 2.23. The van der Waals surface area contributed by atoms with Gasteiger partial charge in [0.25, 0.3) is 11.8 Å². The van der Waals surface area contributed by atoms with Crippen molar-refractivity contribution in [2.45, 2.75) is 31.7 Å². The van der Waals surface area contributed by atoms with Crippen LogP contribution in [0.5, 0.6) is 5.75 Å². The van der Waals surface area contributed by atoms with E-state index in [2.05, 4.69) is 0 Å². The van der Waals surface area contributed by atoms with E-state index < -0.39 is 0 Å². The molecule has 0 radical (unpaired) electrons. The van der Waals surface area contributed by atoms with Crippen molar-refractivity contribution in [3.8, 4) is 5.75 Å². The summed E-state index contributed by atoms with van der Waals surface area (Å²) in [5.41, 5.74) is 1.34. The van der Waals surface area contributed by atoms with Crippen LogP contribution >= 0.6 is 11.6 Å². The second-order valence-corrected chi connectivity index (χ2v) is 8.07. The average molecular weight is 413 g/mol. The van der Waals surface area contributed by atoms with Crippen molar-refractivity contribution < 1.29 is 14.3 Å². The summed E-state index contributed by atoms with van der Waals surface area (Å²) >= 11 is 5.92. The first kappa shape index (κ1) is 19.8. The number of hydrogen-bond acceptors (Lipinski definition) is 3. The molecule has 0 aliphatic carbocycles. The molecule has 0 saturated carbocycles. The number of likely N-dealkylation sites (tertiary alicyclic amines) is 2. The molecule has 2 fully saturated rings. The number of halogens is 1. The number of amides is 2. The molecule has 0 spiro atoms. The predicted octanol–water partition coefficient (Wildman–Crippen LogP) is 4.26. The molecule has 2 aromatic carbocycles. The predicted molar refractivity (Wildman–Crippen MR) is 113 cm³/mol. The molecule has 0 N–H and O–H groups in total. The summed E-state index contributed by atoms with van der Waals surface area (Å²) < 4.78 is 5.95. The third-order valence-corrected chi connectivity index (χ3v) is 5.92. The van der Waals surface area contributed by atoms with Crippen LogP contribution in [0.3, 0.4) is 0 Å². The van der Waals surface area contributed by atoms with E-state index in [9.17, 15) is 9.59 Å². The Balaban J connectivity index is 1.34. The summed E-state index contributed by atoms with van der Waals surface area (Å²) in [5, 5.41) is 0.620. The van der Waals surface area contributed by atoms with Crippen molar-refractivity contribution in [2.24, 2.45) is 0 Å². The standard InChI is InChI=1S/C23H25ClN2O3/c24-19-9-5-18(6-10-19)23(28)26-15-3-4-20(26)16-29-21-11-7-17(8-12-21)22(27)25-13-1-2-14-25/h5-12,20H,1-4,13-16H2/t20-/m1/s1. The van der Waals surface area contributed by atoms with E-state index in [0.29, 0.717) is 28.5 Å². The van der Waals surface area contributed by atoms with Gasteiger partial charge in [0.2, 0.25) is 0 Å². The number of benzene rings is 2. The molecule has 2 aliphatic rings. The molecule has 1 atom stereocenters. The minimum Gasteiger partial charge on any atom is -0.491 e. The van der Waals surface area contributed by atoms with Crippen molar-refractivity contribution in [3.05, 3.63) is 64.7 Å². The van der Waals surface area contributed by atoms with Gasteiger partial charge in [0.15, 0.2) is 0 Å². The molecule has 2 aliphatic heterocycles. The highest BCUT2D eigenvalue weighted by Gasteiger charge is 2.30. The number of carbonyl (C=O) groups is 2. The molecule has 0 unspecified atom stereocenters. The van der Waals surface area contributed by atoms with Crippen LogP contribution in [0.2, 0.25) is 5.02 Å². The molecule has 152 valence electrons. The Morgan fingerprint density at radius 3 is 2.17 bits per heavy atom. The molecule has 6 heteroatoms. The molecule has 4 rings (SSSR count). The van der Waals surface area contributed by atoms with E-state index in [4.69, 9.17) is 16.3 Å². The minimum atomic E-state index is 0.0133. The normalized spacial score (nSPS) is 18.9. The van der Waals surface area contributed by atoms with Crippen molar-refractivity contribution >= 4 is 23.4 Å². The molecular weight excluding hydrogens is 388 g/mol. The Kier molecular flexibility index (Phi) is 6.05. The highest BCUT2D eigenvalue weighted by atomic mass is 35.5. The van der Waals surface area contributed by atoms with Crippen molar-refractivity contribution in [3.63, 3.8) is 0 Å². The number of carbonyl (C=O) groups excluding carboxylic acids is 2. The van der Waals surface area contributed by atoms with Crippen LogP contribution in [-0.4, -0.2) is 53.9 Å². The summed E-state index contributed by atoms with van der Waals surface area (Å²) in [6, 6.07) is 14.4. The maximum Gasteiger partial charge on any atom is 0.254 e. The Morgan fingerprint density at radius 2 is 1.48 bits per heavy atom. The smallest absolute Gasteiger partial charge is 0.254 e. The van der Waals surface area contributed by atoms with Gasteiger partial charge < -0.3 is 14.5 Å². The number of ether oxygens (including phenoxy) is 1. The van der Waals surface area contributed by atoms with Crippen molar-refractivity contribution in [2.75, 3.05) is 26.2 Å². The lowest BCUT2D eigenvalue weighted by Gasteiger charge is -2.25. The Hall–Kier alpha value is -2.53. The van der Waals surface area contributed by atoms with Crippen LogP contribution in [0.15, 0.2) is 48.5 Å². The van der Waals surface area contributed by atoms with Gasteiger partial charge in [-0.05, 0) is 74.2 Å². The van der Waals surface area contributed by atoms with E-state index in [-0.39, 0.29) is 17.9 Å². The molecule has 29 heavy (non-hydrogen) atoms. The van der Waals surface area contributed by atoms with E-state index in [1.165, 1.54) is 0 Å². The topological polar surface area (TPSA) is 49.9 Å². The summed E-state index contributed by atoms with van der Waals surface area (Å²) in [5.74, 6) is 0.817. The van der Waals surface area contributed by atoms with Crippen LogP contribution in [0.1, 0.15) is 46.4 Å². The maximum atomic E-state index is 12.8. The summed E-state index contributed by atoms with van der Waals surface area (Å²) in [6.07, 6.45) is 4.06. The quantitative estimate of drug-likeness (QED) is 0.737. The zero-order chi connectivity index (χ0) is 20.2. The molecule has 0 aromatic heterocycles. The largest absolute Gasteiger partial charge is 0.491 e. The average Bonchev–Trinajstić information content (AvgIpc) is 3.44. The molecular formula is C23H25ClN2O3. The van der Waals surface area contributed by atoms with Crippen LogP contribution in [0.25, 0.3) is 0 Å². The monoisotopic (exact) mass is 412 g/mol. The van der Waals surface area contributed by atoms with Crippen LogP contribution in [0.4, 0.5) is 0 Å². The fourth-order valence-corrected chi connectivity index (χ4v) is 4.15. The second-order valence-electron chi connectivity index (χ2n) is 7.64. The Bertz CT molecular complexity index is 861. The van der Waals surface area contributed by atoms with Gasteiger partial charge in [-0.3, -0.25) is 9.59 Å². The van der Waals surface area contributed by atoms with Crippen molar-refractivity contribution in [1.82, 2.24) is 9.80 Å². The molecule has 0 bridgehead atoms. The van der Waals surface area contributed by atoms with E-state index >= 15 is 0 Å². The zero-order valence-electron chi connectivity index (χ0n) is 16.4. The molecule has 2 heterocycles. The molecule has 2 aromatic rings. The summed E-state index contributed by atoms with van der Waals surface area (Å²) in [6.45, 7) is 2.87. The van der Waals surface area contributed by atoms with Crippen LogP contribution < -0.4 is 4.74 Å². The lowest BCUT2D eigenvalue weighted by atomic mass is 10.1. The van der Waals surface area contributed by atoms with Gasteiger partial charge in [-0.2, -0.15) is 0 Å². The fraction of sp³-hybridized carbons (Fsp3) is 0.391. The van der Waals surface area contributed by atoms with Crippen LogP contribution in [-0.2, 0) is 0 Å². The van der Waals surface area contributed by atoms with Gasteiger partial charge in [0.05, 0.1) is 6.04 Å². The molecule has 5 nitrogen and oxygen atoms in total. The van der Waals surface area contributed by atoms with Gasteiger partial charge in [-0.25, -0.2) is 0 Å². The molecule has 2 saturated heterocycles. The lowest BCUT2D eigenvalue weighted by molar-refractivity contribution is 0.0690. The maximum absolute atomic E-state index is 12.8. The summed E-state index contributed by atoms with van der Waals surface area (Å²) in [7, 11) is 0. The Morgan fingerprint density at radius 1 is 0.862 bits per heavy atom. The minimum absolute atomic E-state index is 0.0133. The molecule has 2 amide bonds. The van der Waals surface area contributed by atoms with E-state index in [0.717, 1.165) is 45.3 Å². The third kappa shape index (κ3) is 4.56. The summed E-state index contributed by atoms with van der Waals surface area (Å²) in [4.78, 5) is 29.0. The van der Waals surface area contributed by atoms with Gasteiger partial charge in [-0.15, -0.1) is 0 Å². The Labute approximate surface area is 176 Å². The van der Waals surface area contributed by atoms with Gasteiger partial charge >= 0.3 is 0 Å². The zero-order valence-corrected chi connectivity index (χ0v) is 17.1.